The summed E-state index contributed by atoms with van der Waals surface area (Å²) in [6.45, 7) is 4.57. The zero-order valence-electron chi connectivity index (χ0n) is 7.32. The van der Waals surface area contributed by atoms with Gasteiger partial charge in [-0.2, -0.15) is 5.10 Å². The van der Waals surface area contributed by atoms with E-state index in [1.54, 1.807) is 6.20 Å². The summed E-state index contributed by atoms with van der Waals surface area (Å²) in [5, 5.41) is 4.15. The standard InChI is InChI=1S/C8H13N3O/c1-8(2)6-3-4-10-11(6)7(9)5-12-8/h3-4,7H,5,9H2,1-2H3. The number of rotatable bonds is 0. The van der Waals surface area contributed by atoms with E-state index in [0.29, 0.717) is 6.61 Å². The first-order chi connectivity index (χ1) is 5.61. The van der Waals surface area contributed by atoms with Gasteiger partial charge in [0.05, 0.1) is 12.3 Å². The Morgan fingerprint density at radius 2 is 2.50 bits per heavy atom. The van der Waals surface area contributed by atoms with Crippen LogP contribution in [-0.4, -0.2) is 16.4 Å². The van der Waals surface area contributed by atoms with Gasteiger partial charge >= 0.3 is 0 Å². The highest BCUT2D eigenvalue weighted by molar-refractivity contribution is 5.12. The SMILES string of the molecule is CC1(C)OCC(N)n2nccc21. The van der Waals surface area contributed by atoms with E-state index >= 15 is 0 Å². The van der Waals surface area contributed by atoms with Crippen LogP contribution in [-0.2, 0) is 10.3 Å². The molecule has 1 aliphatic heterocycles. The molecule has 0 fully saturated rings. The number of ether oxygens (including phenoxy) is 1. The Bertz CT molecular complexity index is 292. The molecule has 12 heavy (non-hydrogen) atoms. The van der Waals surface area contributed by atoms with Crippen LogP contribution in [0.1, 0.15) is 25.7 Å². The molecule has 4 nitrogen and oxygen atoms in total. The van der Waals surface area contributed by atoms with Crippen molar-refractivity contribution >= 4 is 0 Å². The van der Waals surface area contributed by atoms with Crippen molar-refractivity contribution in [2.45, 2.75) is 25.6 Å². The Morgan fingerprint density at radius 1 is 1.75 bits per heavy atom. The van der Waals surface area contributed by atoms with Gasteiger partial charge in [-0.25, -0.2) is 4.68 Å². The van der Waals surface area contributed by atoms with Crippen LogP contribution in [0.15, 0.2) is 12.3 Å². The second-order valence-corrected chi connectivity index (χ2v) is 3.55. The number of nitrogens with two attached hydrogens (primary N) is 1. The van der Waals surface area contributed by atoms with Crippen molar-refractivity contribution in [3.8, 4) is 0 Å². The van der Waals surface area contributed by atoms with E-state index in [4.69, 9.17) is 10.5 Å². The molecule has 0 bridgehead atoms. The highest BCUT2D eigenvalue weighted by Crippen LogP contribution is 2.29. The summed E-state index contributed by atoms with van der Waals surface area (Å²) >= 11 is 0. The second-order valence-electron chi connectivity index (χ2n) is 3.55. The molecule has 0 aliphatic carbocycles. The number of aromatic nitrogens is 2. The van der Waals surface area contributed by atoms with Gasteiger partial charge in [0.1, 0.15) is 11.8 Å². The van der Waals surface area contributed by atoms with Gasteiger partial charge in [0.2, 0.25) is 0 Å². The highest BCUT2D eigenvalue weighted by Gasteiger charge is 2.32. The molecule has 0 spiro atoms. The average molecular weight is 167 g/mol. The number of hydrogen-bond acceptors (Lipinski definition) is 3. The number of fused-ring (bicyclic) bond motifs is 1. The molecular weight excluding hydrogens is 154 g/mol. The minimum absolute atomic E-state index is 0.136. The fourth-order valence-electron chi connectivity index (χ4n) is 1.49. The van der Waals surface area contributed by atoms with E-state index in [9.17, 15) is 0 Å². The molecule has 1 aromatic heterocycles. The minimum atomic E-state index is -0.258. The van der Waals surface area contributed by atoms with E-state index < -0.39 is 0 Å². The number of hydrogen-bond donors (Lipinski definition) is 1. The van der Waals surface area contributed by atoms with Crippen LogP contribution in [0.5, 0.6) is 0 Å². The topological polar surface area (TPSA) is 53.1 Å². The third kappa shape index (κ3) is 0.956. The van der Waals surface area contributed by atoms with Crippen LogP contribution >= 0.6 is 0 Å². The molecule has 0 saturated carbocycles. The molecule has 2 heterocycles. The van der Waals surface area contributed by atoms with Gasteiger partial charge in [0.15, 0.2) is 0 Å². The lowest BCUT2D eigenvalue weighted by atomic mass is 10.0. The van der Waals surface area contributed by atoms with Crippen LogP contribution in [0.4, 0.5) is 0 Å². The van der Waals surface area contributed by atoms with Crippen LogP contribution in [0.25, 0.3) is 0 Å². The first-order valence-corrected chi connectivity index (χ1v) is 4.05. The normalized spacial score (nSPS) is 26.8. The smallest absolute Gasteiger partial charge is 0.123 e. The maximum absolute atomic E-state index is 5.79. The quantitative estimate of drug-likeness (QED) is 0.615. The predicted molar refractivity (Wildman–Crippen MR) is 44.4 cm³/mol. The van der Waals surface area contributed by atoms with Crippen LogP contribution in [0.2, 0.25) is 0 Å². The molecule has 1 aromatic rings. The summed E-state index contributed by atoms with van der Waals surface area (Å²) in [5.41, 5.74) is 6.57. The van der Waals surface area contributed by atoms with Crippen molar-refractivity contribution in [1.29, 1.82) is 0 Å². The lowest BCUT2D eigenvalue weighted by Gasteiger charge is -2.34. The Morgan fingerprint density at radius 3 is 3.17 bits per heavy atom. The van der Waals surface area contributed by atoms with E-state index in [-0.39, 0.29) is 11.8 Å². The fraction of sp³-hybridized carbons (Fsp3) is 0.625. The van der Waals surface area contributed by atoms with Gasteiger partial charge in [0.25, 0.3) is 0 Å². The molecule has 1 aliphatic rings. The van der Waals surface area contributed by atoms with Crippen LogP contribution in [0.3, 0.4) is 0 Å². The third-order valence-corrected chi connectivity index (χ3v) is 2.22. The molecule has 0 saturated heterocycles. The van der Waals surface area contributed by atoms with E-state index in [2.05, 4.69) is 5.10 Å². The molecule has 4 heteroatoms. The number of nitrogens with zero attached hydrogens (tertiary/aromatic N) is 2. The first kappa shape index (κ1) is 7.76. The van der Waals surface area contributed by atoms with Gasteiger partial charge in [-0.05, 0) is 19.9 Å². The Balaban J connectivity index is 2.50. The van der Waals surface area contributed by atoms with Gasteiger partial charge in [-0.15, -0.1) is 0 Å². The van der Waals surface area contributed by atoms with Crippen molar-refractivity contribution < 1.29 is 4.74 Å². The molecular formula is C8H13N3O. The van der Waals surface area contributed by atoms with Gasteiger partial charge < -0.3 is 10.5 Å². The summed E-state index contributed by atoms with van der Waals surface area (Å²) in [6.07, 6.45) is 1.62. The molecule has 0 amide bonds. The van der Waals surface area contributed by atoms with Gasteiger partial charge in [-0.3, -0.25) is 0 Å². The lowest BCUT2D eigenvalue weighted by Crippen LogP contribution is -2.40. The van der Waals surface area contributed by atoms with E-state index in [1.807, 2.05) is 24.6 Å². The van der Waals surface area contributed by atoms with Crippen molar-refractivity contribution in [2.75, 3.05) is 6.61 Å². The zero-order valence-corrected chi connectivity index (χ0v) is 7.32. The molecule has 0 radical (unpaired) electrons. The predicted octanol–water partition coefficient (Wildman–Crippen LogP) is 0.606. The van der Waals surface area contributed by atoms with Crippen molar-refractivity contribution in [1.82, 2.24) is 9.78 Å². The Labute approximate surface area is 71.3 Å². The van der Waals surface area contributed by atoms with Gasteiger partial charge in [-0.1, -0.05) is 0 Å². The van der Waals surface area contributed by atoms with Gasteiger partial charge in [0, 0.05) is 6.20 Å². The molecule has 1 atom stereocenters. The summed E-state index contributed by atoms with van der Waals surface area (Å²) in [5.74, 6) is 0. The summed E-state index contributed by atoms with van der Waals surface area (Å²) in [7, 11) is 0. The molecule has 2 N–H and O–H groups in total. The van der Waals surface area contributed by atoms with E-state index in [0.717, 1.165) is 5.69 Å². The zero-order chi connectivity index (χ0) is 8.77. The maximum Gasteiger partial charge on any atom is 0.123 e. The third-order valence-electron chi connectivity index (χ3n) is 2.22. The summed E-state index contributed by atoms with van der Waals surface area (Å²) < 4.78 is 7.40. The monoisotopic (exact) mass is 167 g/mol. The van der Waals surface area contributed by atoms with Crippen molar-refractivity contribution in [3.63, 3.8) is 0 Å². The lowest BCUT2D eigenvalue weighted by molar-refractivity contribution is -0.0686. The molecule has 1 unspecified atom stereocenters. The minimum Gasteiger partial charge on any atom is -0.366 e. The van der Waals surface area contributed by atoms with Crippen LogP contribution in [0, 0.1) is 0 Å². The maximum atomic E-state index is 5.79. The summed E-state index contributed by atoms with van der Waals surface area (Å²) in [4.78, 5) is 0. The Hall–Kier alpha value is -0.870. The largest absolute Gasteiger partial charge is 0.366 e. The van der Waals surface area contributed by atoms with Crippen molar-refractivity contribution in [2.24, 2.45) is 5.73 Å². The first-order valence-electron chi connectivity index (χ1n) is 4.05. The Kier molecular flexibility index (Phi) is 1.49. The molecule has 66 valence electrons. The van der Waals surface area contributed by atoms with Crippen molar-refractivity contribution in [3.05, 3.63) is 18.0 Å². The van der Waals surface area contributed by atoms with Crippen LogP contribution < -0.4 is 5.73 Å². The highest BCUT2D eigenvalue weighted by atomic mass is 16.5. The second kappa shape index (κ2) is 2.31. The fourth-order valence-corrected chi connectivity index (χ4v) is 1.49. The van der Waals surface area contributed by atoms with E-state index in [1.165, 1.54) is 0 Å². The molecule has 2 rings (SSSR count). The summed E-state index contributed by atoms with van der Waals surface area (Å²) in [6, 6.07) is 1.94. The average Bonchev–Trinajstić information content (AvgIpc) is 2.46. The molecule has 0 aromatic carbocycles.